The number of fused-ring (bicyclic) bond motifs is 1. The monoisotopic (exact) mass is 341 g/mol. The number of benzene rings is 1. The Labute approximate surface area is 123 Å². The van der Waals surface area contributed by atoms with Crippen LogP contribution in [0.15, 0.2) is 18.2 Å². The molecule has 0 fully saturated rings. The van der Waals surface area contributed by atoms with Crippen LogP contribution in [0.3, 0.4) is 0 Å². The minimum absolute atomic E-state index is 0.0822. The van der Waals surface area contributed by atoms with Crippen molar-refractivity contribution in [2.24, 2.45) is 0 Å². The number of carbonyl (C=O) groups excluding carboxylic acids is 2. The SMILES string of the molecule is COC(=O)Oc1cc2c(C(=O)CBr)ccc(OC)c2[nH]1. The summed E-state index contributed by atoms with van der Waals surface area (Å²) < 4.78 is 14.6. The molecule has 0 aliphatic rings. The Bertz CT molecular complexity index is 664. The lowest BCUT2D eigenvalue weighted by Gasteiger charge is -2.04. The van der Waals surface area contributed by atoms with Crippen LogP contribution in [0.2, 0.25) is 0 Å². The highest BCUT2D eigenvalue weighted by Gasteiger charge is 2.16. The Morgan fingerprint density at radius 2 is 2.05 bits per heavy atom. The molecule has 7 heteroatoms. The Kier molecular flexibility index (Phi) is 4.29. The zero-order valence-corrected chi connectivity index (χ0v) is 12.4. The number of ketones is 1. The summed E-state index contributed by atoms with van der Waals surface area (Å²) in [6.45, 7) is 0. The lowest BCUT2D eigenvalue weighted by Crippen LogP contribution is -2.07. The Morgan fingerprint density at radius 3 is 2.65 bits per heavy atom. The Hall–Kier alpha value is -2.02. The molecule has 0 saturated carbocycles. The number of H-pyrrole nitrogens is 1. The summed E-state index contributed by atoms with van der Waals surface area (Å²) in [6, 6.07) is 4.90. The minimum atomic E-state index is -0.844. The van der Waals surface area contributed by atoms with E-state index in [1.54, 1.807) is 18.2 Å². The van der Waals surface area contributed by atoms with E-state index < -0.39 is 6.16 Å². The zero-order valence-electron chi connectivity index (χ0n) is 10.9. The van der Waals surface area contributed by atoms with Crippen LogP contribution >= 0.6 is 15.9 Å². The maximum Gasteiger partial charge on any atom is 0.514 e. The van der Waals surface area contributed by atoms with E-state index in [9.17, 15) is 9.59 Å². The normalized spacial score (nSPS) is 10.3. The molecule has 20 heavy (non-hydrogen) atoms. The quantitative estimate of drug-likeness (QED) is 0.525. The number of rotatable bonds is 4. The number of aromatic amines is 1. The van der Waals surface area contributed by atoms with Gasteiger partial charge in [0.2, 0.25) is 5.88 Å². The molecule has 1 aromatic heterocycles. The number of nitrogens with one attached hydrogen (secondary N) is 1. The van der Waals surface area contributed by atoms with Crippen LogP contribution in [0, 0.1) is 0 Å². The van der Waals surface area contributed by atoms with E-state index in [-0.39, 0.29) is 17.0 Å². The third-order valence-corrected chi connectivity index (χ3v) is 3.24. The number of carbonyl (C=O) groups is 2. The lowest BCUT2D eigenvalue weighted by molar-refractivity contribution is 0.102. The topological polar surface area (TPSA) is 77.6 Å². The number of ether oxygens (including phenoxy) is 3. The van der Waals surface area contributed by atoms with Gasteiger partial charge in [0, 0.05) is 17.0 Å². The van der Waals surface area contributed by atoms with E-state index in [2.05, 4.69) is 25.7 Å². The maximum atomic E-state index is 11.9. The van der Waals surface area contributed by atoms with Gasteiger partial charge < -0.3 is 19.2 Å². The summed E-state index contributed by atoms with van der Waals surface area (Å²) in [5, 5.41) is 0.819. The minimum Gasteiger partial charge on any atom is -0.495 e. The molecule has 0 spiro atoms. The second kappa shape index (κ2) is 5.96. The van der Waals surface area contributed by atoms with Gasteiger partial charge in [-0.1, -0.05) is 15.9 Å². The molecule has 1 N–H and O–H groups in total. The van der Waals surface area contributed by atoms with Gasteiger partial charge in [-0.05, 0) is 12.1 Å². The smallest absolute Gasteiger partial charge is 0.495 e. The Balaban J connectivity index is 2.56. The van der Waals surface area contributed by atoms with Crippen LogP contribution in [-0.2, 0) is 4.74 Å². The van der Waals surface area contributed by atoms with Gasteiger partial charge in [-0.2, -0.15) is 0 Å². The predicted molar refractivity (Wildman–Crippen MR) is 76.0 cm³/mol. The molecule has 2 aromatic rings. The first-order valence-electron chi connectivity index (χ1n) is 5.65. The fraction of sp³-hybridized carbons (Fsp3) is 0.231. The van der Waals surface area contributed by atoms with Gasteiger partial charge in [0.1, 0.15) is 5.75 Å². The predicted octanol–water partition coefficient (Wildman–Crippen LogP) is 2.90. The average Bonchev–Trinajstić information content (AvgIpc) is 2.88. The Morgan fingerprint density at radius 1 is 1.30 bits per heavy atom. The third kappa shape index (κ3) is 2.62. The molecule has 0 atom stereocenters. The first kappa shape index (κ1) is 14.4. The van der Waals surface area contributed by atoms with Crippen LogP contribution in [0.1, 0.15) is 10.4 Å². The number of halogens is 1. The highest BCUT2D eigenvalue weighted by atomic mass is 79.9. The standard InChI is InChI=1S/C13H12BrNO5/c1-18-10-4-3-7(9(16)6-14)8-5-11(15-12(8)10)20-13(17)19-2/h3-5,15H,6H2,1-2H3. The second-order valence-corrected chi connectivity index (χ2v) is 4.41. The number of methoxy groups -OCH3 is 2. The van der Waals surface area contributed by atoms with Gasteiger partial charge in [0.15, 0.2) is 5.78 Å². The maximum absolute atomic E-state index is 11.9. The highest BCUT2D eigenvalue weighted by molar-refractivity contribution is 9.09. The molecule has 106 valence electrons. The molecule has 0 amide bonds. The van der Waals surface area contributed by atoms with Gasteiger partial charge in [-0.3, -0.25) is 4.79 Å². The largest absolute Gasteiger partial charge is 0.514 e. The molecular formula is C13H12BrNO5. The first-order valence-corrected chi connectivity index (χ1v) is 6.77. The van der Waals surface area contributed by atoms with Crippen molar-refractivity contribution >= 4 is 38.8 Å². The molecule has 0 aliphatic carbocycles. The molecule has 1 heterocycles. The number of aromatic nitrogens is 1. The van der Waals surface area contributed by atoms with Crippen LogP contribution in [0.25, 0.3) is 10.9 Å². The van der Waals surface area contributed by atoms with Crippen molar-refractivity contribution in [3.05, 3.63) is 23.8 Å². The summed E-state index contributed by atoms with van der Waals surface area (Å²) >= 11 is 3.13. The van der Waals surface area contributed by atoms with E-state index in [0.717, 1.165) is 0 Å². The molecule has 0 aliphatic heterocycles. The van der Waals surface area contributed by atoms with E-state index in [1.165, 1.54) is 14.2 Å². The molecular weight excluding hydrogens is 330 g/mol. The molecule has 0 unspecified atom stereocenters. The third-order valence-electron chi connectivity index (χ3n) is 2.73. The van der Waals surface area contributed by atoms with Crippen molar-refractivity contribution in [2.75, 3.05) is 19.5 Å². The fourth-order valence-corrected chi connectivity index (χ4v) is 2.14. The highest BCUT2D eigenvalue weighted by Crippen LogP contribution is 2.32. The molecule has 1 aromatic carbocycles. The van der Waals surface area contributed by atoms with Crippen molar-refractivity contribution in [2.45, 2.75) is 0 Å². The number of hydrogen-bond acceptors (Lipinski definition) is 5. The summed E-state index contributed by atoms with van der Waals surface area (Å²) in [4.78, 5) is 25.9. The molecule has 6 nitrogen and oxygen atoms in total. The van der Waals surface area contributed by atoms with Gasteiger partial charge >= 0.3 is 6.16 Å². The fourth-order valence-electron chi connectivity index (χ4n) is 1.84. The van der Waals surface area contributed by atoms with Gasteiger partial charge in [-0.25, -0.2) is 4.79 Å². The molecule has 2 rings (SSSR count). The van der Waals surface area contributed by atoms with Crippen molar-refractivity contribution in [3.63, 3.8) is 0 Å². The van der Waals surface area contributed by atoms with Crippen LogP contribution in [-0.4, -0.2) is 36.5 Å². The lowest BCUT2D eigenvalue weighted by atomic mass is 10.1. The van der Waals surface area contributed by atoms with Crippen molar-refractivity contribution in [1.29, 1.82) is 0 Å². The van der Waals surface area contributed by atoms with Crippen LogP contribution in [0.5, 0.6) is 11.6 Å². The van der Waals surface area contributed by atoms with Crippen molar-refractivity contribution in [1.82, 2.24) is 4.98 Å². The van der Waals surface area contributed by atoms with Gasteiger partial charge in [-0.15, -0.1) is 0 Å². The van der Waals surface area contributed by atoms with Crippen molar-refractivity contribution < 1.29 is 23.8 Å². The van der Waals surface area contributed by atoms with Crippen LogP contribution in [0.4, 0.5) is 4.79 Å². The number of Topliss-reactive ketones (excluding diaryl/α,β-unsaturated/α-hetero) is 1. The summed E-state index contributed by atoms with van der Waals surface area (Å²) in [7, 11) is 2.73. The van der Waals surface area contributed by atoms with E-state index >= 15 is 0 Å². The molecule has 0 saturated heterocycles. The van der Waals surface area contributed by atoms with Gasteiger partial charge in [0.05, 0.1) is 25.1 Å². The number of hydrogen-bond donors (Lipinski definition) is 1. The van der Waals surface area contributed by atoms with E-state index in [0.29, 0.717) is 22.2 Å². The average molecular weight is 342 g/mol. The first-order chi connectivity index (χ1) is 9.60. The number of alkyl halides is 1. The van der Waals surface area contributed by atoms with Gasteiger partial charge in [0.25, 0.3) is 0 Å². The molecule has 0 bridgehead atoms. The zero-order chi connectivity index (χ0) is 14.7. The van der Waals surface area contributed by atoms with E-state index in [4.69, 9.17) is 9.47 Å². The van der Waals surface area contributed by atoms with Crippen molar-refractivity contribution in [3.8, 4) is 11.6 Å². The van der Waals surface area contributed by atoms with Crippen LogP contribution < -0.4 is 9.47 Å². The van der Waals surface area contributed by atoms with E-state index in [1.807, 2.05) is 0 Å². The summed E-state index contributed by atoms with van der Waals surface area (Å²) in [5.74, 6) is 0.645. The summed E-state index contributed by atoms with van der Waals surface area (Å²) in [5.41, 5.74) is 1.09. The summed E-state index contributed by atoms with van der Waals surface area (Å²) in [6.07, 6.45) is -0.844. The second-order valence-electron chi connectivity index (χ2n) is 3.85. The molecule has 0 radical (unpaired) electrons.